The van der Waals surface area contributed by atoms with Gasteiger partial charge in [-0.1, -0.05) is 48.5 Å². The lowest BCUT2D eigenvalue weighted by molar-refractivity contribution is -0.137. The topological polar surface area (TPSA) is 405 Å². The molecule has 23 heteroatoms. The summed E-state index contributed by atoms with van der Waals surface area (Å²) in [4.78, 5) is 39.4. The van der Waals surface area contributed by atoms with E-state index in [9.17, 15) is 48.5 Å². The molecule has 8 bridgehead atoms. The zero-order chi connectivity index (χ0) is 48.8. The van der Waals surface area contributed by atoms with Crippen molar-refractivity contribution in [1.82, 2.24) is 38.4 Å². The Kier molecular flexibility index (Phi) is 15.4. The second-order valence-electron chi connectivity index (χ2n) is 15.8. The highest BCUT2D eigenvalue weighted by Gasteiger charge is 2.20. The number of hydrogen-bond donors (Lipinski definition) is 7. The molecule has 0 spiro atoms. The standard InChI is InChI=1S/C49H37N5O12S3.3H3N/c55-44(2-1-3-45(56)57)50-32-12-4-28(5-13-32)46-36-20-22-38(51-36)47(29-6-14-33(15-7-29)67(58,59)60)40-24-26-42(53-40)49(31-10-18-35(19-11-31)69(64,65)66)43-27-25-41(54-43)48(39-23-21-37(46)52-39)30-8-16-34(17-9-30)68(61,62)63;;;/h4-27,51,54H,1-3H2,(H,50,55)(H,56,57)(H,58,59,60)(H,61,62,63)(H,64,65,66);3*1H3. The van der Waals surface area contributed by atoms with Crippen molar-refractivity contribution in [2.24, 2.45) is 0 Å². The van der Waals surface area contributed by atoms with Gasteiger partial charge in [0.05, 0.1) is 37.5 Å². The second kappa shape index (κ2) is 20.8. The molecule has 0 atom stereocenters. The number of carboxylic acid groups (broad SMARTS) is 1. The first kappa shape index (κ1) is 53.4. The Balaban J connectivity index is 0.00000282. The molecular weight excluding hydrogens is 989 g/mol. The predicted molar refractivity (Wildman–Crippen MR) is 273 cm³/mol. The number of aromatic amines is 2. The number of anilines is 1. The number of fused-ring (bicyclic) bond motifs is 8. The van der Waals surface area contributed by atoms with Crippen LogP contribution in [-0.2, 0) is 39.9 Å². The predicted octanol–water partition coefficient (Wildman–Crippen LogP) is 9.36. The van der Waals surface area contributed by atoms with Gasteiger partial charge in [-0.25, -0.2) is 35.2 Å². The van der Waals surface area contributed by atoms with Crippen LogP contribution in [0.25, 0.3) is 90.9 Å². The first-order valence-corrected chi connectivity index (χ1v) is 25.0. The average molecular weight is 1040 g/mol. The van der Waals surface area contributed by atoms with Gasteiger partial charge in [0.25, 0.3) is 0 Å². The molecule has 0 unspecified atom stereocenters. The van der Waals surface area contributed by atoms with Crippen LogP contribution in [0.1, 0.15) is 42.0 Å². The van der Waals surface area contributed by atoms with Crippen molar-refractivity contribution < 1.29 is 53.6 Å². The van der Waals surface area contributed by atoms with Gasteiger partial charge in [-0.05, 0) is 126 Å². The van der Waals surface area contributed by atoms with Gasteiger partial charge in [-0.15, -0.1) is 0 Å². The molecule has 1 amide bonds. The lowest BCUT2D eigenvalue weighted by atomic mass is 10.0. The molecule has 20 nitrogen and oxygen atoms in total. The van der Waals surface area contributed by atoms with Gasteiger partial charge in [0.1, 0.15) is 30.4 Å². The van der Waals surface area contributed by atoms with Gasteiger partial charge in [0, 0.05) is 62.8 Å². The minimum absolute atomic E-state index is 0. The summed E-state index contributed by atoms with van der Waals surface area (Å²) in [6.45, 7) is 0. The summed E-state index contributed by atoms with van der Waals surface area (Å²) in [5.74, 6) is -1.37. The Morgan fingerprint density at radius 2 is 0.722 bits per heavy atom. The number of carbonyl (C=O) groups excluding carboxylic acids is 1. The highest BCUT2D eigenvalue weighted by molar-refractivity contribution is 7.86. The van der Waals surface area contributed by atoms with E-state index in [0.29, 0.717) is 95.0 Å². The van der Waals surface area contributed by atoms with Crippen LogP contribution in [0.2, 0.25) is 0 Å². The highest BCUT2D eigenvalue weighted by atomic mass is 32.2. The Hall–Kier alpha value is -7.97. The Bertz CT molecular complexity index is 3760. The third kappa shape index (κ3) is 11.1. The van der Waals surface area contributed by atoms with Crippen molar-refractivity contribution in [1.29, 1.82) is 0 Å². The fraction of sp³-hybridized carbons (Fsp3) is 0.0612. The third-order valence-corrected chi connectivity index (χ3v) is 13.8. The maximum Gasteiger partial charge on any atom is 0.303 e. The number of amides is 1. The Labute approximate surface area is 412 Å². The zero-order valence-electron chi connectivity index (χ0n) is 38.5. The van der Waals surface area contributed by atoms with Crippen molar-refractivity contribution in [3.05, 3.63) is 144 Å². The number of benzene rings is 4. The number of hydrogen-bond acceptors (Lipinski definition) is 13. The summed E-state index contributed by atoms with van der Waals surface area (Å²) >= 11 is 0. The molecule has 9 rings (SSSR count). The van der Waals surface area contributed by atoms with Gasteiger partial charge in [0.2, 0.25) is 5.91 Å². The lowest BCUT2D eigenvalue weighted by Crippen LogP contribution is -2.11. The van der Waals surface area contributed by atoms with Crippen molar-refractivity contribution in [2.45, 2.75) is 33.9 Å². The number of aliphatic carboxylic acids is 1. The van der Waals surface area contributed by atoms with E-state index >= 15 is 0 Å². The summed E-state index contributed by atoms with van der Waals surface area (Å²) in [6, 6.07) is 30.1. The van der Waals surface area contributed by atoms with E-state index in [1.807, 2.05) is 6.07 Å². The van der Waals surface area contributed by atoms with Gasteiger partial charge in [-0.2, -0.15) is 0 Å². The number of rotatable bonds is 12. The minimum Gasteiger partial charge on any atom is -0.744 e. The fourth-order valence-corrected chi connectivity index (χ4v) is 9.54. The molecule has 0 radical (unpaired) electrons. The molecule has 372 valence electrons. The first-order chi connectivity index (χ1) is 32.8. The quantitative estimate of drug-likeness (QED) is 0.0560. The first-order valence-electron chi connectivity index (χ1n) is 20.8. The van der Waals surface area contributed by atoms with Crippen LogP contribution >= 0.6 is 0 Å². The van der Waals surface area contributed by atoms with Crippen LogP contribution in [0.4, 0.5) is 5.69 Å². The number of carbonyl (C=O) groups is 2. The largest absolute Gasteiger partial charge is 0.744 e. The molecule has 0 saturated heterocycles. The normalized spacial score (nSPS) is 12.0. The van der Waals surface area contributed by atoms with Crippen LogP contribution < -0.4 is 23.8 Å². The van der Waals surface area contributed by atoms with Crippen molar-refractivity contribution in [2.75, 3.05) is 5.32 Å². The highest BCUT2D eigenvalue weighted by Crippen LogP contribution is 2.39. The molecule has 5 heterocycles. The number of carboxylic acids is 1. The van der Waals surface area contributed by atoms with E-state index in [-0.39, 0.29) is 43.6 Å². The molecule has 0 saturated carbocycles. The zero-order valence-corrected chi connectivity index (χ0v) is 41.0. The molecule has 2 aliphatic rings. The number of H-pyrrole nitrogens is 2. The molecule has 16 N–H and O–H groups in total. The number of quaternary nitrogens is 3. The third-order valence-electron chi connectivity index (χ3n) is 11.3. The van der Waals surface area contributed by atoms with E-state index < -0.39 is 51.0 Å². The molecule has 7 aromatic rings. The summed E-state index contributed by atoms with van der Waals surface area (Å²) in [6.07, 6.45) is 7.01. The van der Waals surface area contributed by atoms with Crippen LogP contribution in [0.15, 0.2) is 136 Å². The van der Waals surface area contributed by atoms with E-state index in [1.54, 1.807) is 66.8 Å². The van der Waals surface area contributed by atoms with Crippen molar-refractivity contribution >= 4 is 94.3 Å². The number of nitrogens with one attached hydrogen (secondary N) is 3. The van der Waals surface area contributed by atoms with E-state index in [4.69, 9.17) is 15.1 Å². The molecule has 0 fully saturated rings. The maximum absolute atomic E-state index is 12.7. The van der Waals surface area contributed by atoms with Gasteiger partial charge < -0.3 is 52.5 Å². The molecule has 0 aliphatic carbocycles. The van der Waals surface area contributed by atoms with E-state index in [1.165, 1.54) is 72.8 Å². The van der Waals surface area contributed by atoms with Crippen LogP contribution in [0, 0.1) is 0 Å². The molecule has 2 aliphatic heterocycles. The smallest absolute Gasteiger partial charge is 0.303 e. The summed E-state index contributed by atoms with van der Waals surface area (Å²) < 4.78 is 108. The molecule has 4 aromatic carbocycles. The lowest BCUT2D eigenvalue weighted by Gasteiger charge is -2.10. The summed E-state index contributed by atoms with van der Waals surface area (Å²) in [7, 11) is -14.4. The minimum atomic E-state index is -4.80. The van der Waals surface area contributed by atoms with Gasteiger partial charge >= 0.3 is 5.97 Å². The Morgan fingerprint density at radius 3 is 0.986 bits per heavy atom. The average Bonchev–Trinajstić information content (AvgIpc) is 4.15. The fourth-order valence-electron chi connectivity index (χ4n) is 8.13. The van der Waals surface area contributed by atoms with Gasteiger partial charge in [-0.3, -0.25) is 9.59 Å². The number of aromatic nitrogens is 4. The van der Waals surface area contributed by atoms with Crippen molar-refractivity contribution in [3.63, 3.8) is 0 Å². The molecule has 72 heavy (non-hydrogen) atoms. The monoisotopic (exact) mass is 1030 g/mol. The van der Waals surface area contributed by atoms with Crippen LogP contribution in [0.5, 0.6) is 0 Å². The van der Waals surface area contributed by atoms with E-state index in [2.05, 4.69) is 15.3 Å². The Morgan fingerprint density at radius 1 is 0.444 bits per heavy atom. The van der Waals surface area contributed by atoms with Crippen LogP contribution in [0.3, 0.4) is 0 Å². The second-order valence-corrected chi connectivity index (χ2v) is 19.9. The SMILES string of the molecule is O=C(O)CCCC(=O)Nc1ccc(-c2c3nc(c(-c4ccc(S(=O)(=O)[O-])cc4)c4ccc([nH]4)c(-c4ccc(S(=O)(=O)[O-])cc4)c4nc(c(-c5ccc(S(=O)(=O)[O-])cc5)c5ccc2[nH]5)C=C4)C=C3)cc1.[NH4+].[NH4+].[NH4+]. The van der Waals surface area contributed by atoms with E-state index in [0.717, 1.165) is 0 Å². The summed E-state index contributed by atoms with van der Waals surface area (Å²) in [5.41, 5.74) is 8.19. The number of nitrogens with zero attached hydrogens (tertiary/aromatic N) is 2. The molecular formula is C49H46N8O12S3. The summed E-state index contributed by atoms with van der Waals surface area (Å²) in [5, 5.41) is 11.8. The van der Waals surface area contributed by atoms with Crippen molar-refractivity contribution in [3.8, 4) is 44.5 Å². The van der Waals surface area contributed by atoms with Gasteiger partial charge in [0.15, 0.2) is 0 Å². The molecule has 3 aromatic heterocycles. The maximum atomic E-state index is 12.7. The van der Waals surface area contributed by atoms with Crippen LogP contribution in [-0.4, -0.2) is 75.8 Å².